The number of nitrogens with zero attached hydrogens (tertiary/aromatic N) is 2. The Bertz CT molecular complexity index is 1130. The Balaban J connectivity index is 1.50. The molecule has 0 spiro atoms. The zero-order valence-corrected chi connectivity index (χ0v) is 16.9. The Labute approximate surface area is 172 Å². The molecular weight excluding hydrogens is 393 g/mol. The average Bonchev–Trinajstić information content (AvgIpc) is 2.71. The molecule has 0 radical (unpaired) electrons. The number of fused-ring (bicyclic) bond motifs is 1. The third kappa shape index (κ3) is 4.07. The van der Waals surface area contributed by atoms with Gasteiger partial charge in [-0.25, -0.2) is 4.79 Å². The van der Waals surface area contributed by atoms with Gasteiger partial charge < -0.3 is 9.32 Å². The molecule has 30 heavy (non-hydrogen) atoms. The maximum Gasteiger partial charge on any atom is 0.416 e. The lowest BCUT2D eigenvalue weighted by molar-refractivity contribution is -0.137. The minimum Gasteiger partial charge on any atom is -0.422 e. The van der Waals surface area contributed by atoms with Gasteiger partial charge >= 0.3 is 11.8 Å². The van der Waals surface area contributed by atoms with E-state index in [2.05, 4.69) is 4.90 Å². The molecule has 7 heteroatoms. The van der Waals surface area contributed by atoms with Gasteiger partial charge in [-0.3, -0.25) is 4.90 Å². The number of rotatable bonds is 3. The number of halogens is 3. The van der Waals surface area contributed by atoms with E-state index in [1.165, 1.54) is 18.2 Å². The molecule has 2 heterocycles. The quantitative estimate of drug-likeness (QED) is 0.578. The molecule has 2 aromatic carbocycles. The van der Waals surface area contributed by atoms with Gasteiger partial charge in [0.2, 0.25) is 0 Å². The van der Waals surface area contributed by atoms with Gasteiger partial charge in [0.15, 0.2) is 0 Å². The highest BCUT2D eigenvalue weighted by molar-refractivity contribution is 5.83. The van der Waals surface area contributed by atoms with Crippen molar-refractivity contribution in [2.45, 2.75) is 26.6 Å². The van der Waals surface area contributed by atoms with Gasteiger partial charge in [0.25, 0.3) is 0 Å². The molecule has 3 aromatic rings. The molecule has 1 aliphatic heterocycles. The summed E-state index contributed by atoms with van der Waals surface area (Å²) < 4.78 is 44.4. The highest BCUT2D eigenvalue weighted by Crippen LogP contribution is 2.32. The van der Waals surface area contributed by atoms with Crippen molar-refractivity contribution < 1.29 is 17.6 Å². The minimum absolute atomic E-state index is 0.367. The van der Waals surface area contributed by atoms with Crippen LogP contribution in [-0.2, 0) is 12.7 Å². The van der Waals surface area contributed by atoms with Crippen LogP contribution in [0.3, 0.4) is 0 Å². The lowest BCUT2D eigenvalue weighted by Crippen LogP contribution is -2.46. The fourth-order valence-electron chi connectivity index (χ4n) is 3.94. The number of alkyl halides is 3. The van der Waals surface area contributed by atoms with E-state index in [1.807, 2.05) is 30.9 Å². The molecule has 0 saturated carbocycles. The molecule has 4 nitrogen and oxygen atoms in total. The Hall–Kier alpha value is -2.80. The lowest BCUT2D eigenvalue weighted by Gasteiger charge is -2.36. The van der Waals surface area contributed by atoms with E-state index in [-0.39, 0.29) is 5.63 Å². The van der Waals surface area contributed by atoms with Gasteiger partial charge in [0, 0.05) is 49.9 Å². The van der Waals surface area contributed by atoms with Crippen LogP contribution in [0.15, 0.2) is 51.7 Å². The summed E-state index contributed by atoms with van der Waals surface area (Å²) in [5, 5.41) is 0.929. The van der Waals surface area contributed by atoms with Crippen molar-refractivity contribution in [3.63, 3.8) is 0 Å². The molecule has 158 valence electrons. The van der Waals surface area contributed by atoms with Gasteiger partial charge in [-0.05, 0) is 48.7 Å². The standard InChI is InChI=1S/C23H23F3N2O2/c1-15-6-7-20-17(12-21(29)30-22(20)16(15)2)14-27-8-10-28(11-9-27)19-5-3-4-18(13-19)23(24,25)26/h3-7,12-13H,8-11,14H2,1-2H3. The van der Waals surface area contributed by atoms with Crippen LogP contribution in [0.5, 0.6) is 0 Å². The van der Waals surface area contributed by atoms with Gasteiger partial charge in [-0.15, -0.1) is 0 Å². The fraction of sp³-hybridized carbons (Fsp3) is 0.348. The smallest absolute Gasteiger partial charge is 0.416 e. The summed E-state index contributed by atoms with van der Waals surface area (Å²) >= 11 is 0. The van der Waals surface area contributed by atoms with Crippen LogP contribution in [0, 0.1) is 13.8 Å². The first kappa shape index (κ1) is 20.5. The number of hydrogen-bond donors (Lipinski definition) is 0. The van der Waals surface area contributed by atoms with Crippen LogP contribution in [-0.4, -0.2) is 31.1 Å². The van der Waals surface area contributed by atoms with Gasteiger partial charge in [0.05, 0.1) is 5.56 Å². The topological polar surface area (TPSA) is 36.7 Å². The molecule has 1 saturated heterocycles. The highest BCUT2D eigenvalue weighted by Gasteiger charge is 2.31. The SMILES string of the molecule is Cc1ccc2c(CN3CCN(c4cccc(C(F)(F)F)c4)CC3)cc(=O)oc2c1C. The average molecular weight is 416 g/mol. The lowest BCUT2D eigenvalue weighted by atomic mass is 10.0. The summed E-state index contributed by atoms with van der Waals surface area (Å²) in [6.45, 7) is 7.16. The third-order valence-electron chi connectivity index (χ3n) is 5.82. The fourth-order valence-corrected chi connectivity index (χ4v) is 3.94. The highest BCUT2D eigenvalue weighted by atomic mass is 19.4. The molecule has 0 amide bonds. The summed E-state index contributed by atoms with van der Waals surface area (Å²) in [5.41, 5.74) is 3.15. The Morgan fingerprint density at radius 1 is 1.00 bits per heavy atom. The number of benzene rings is 2. The van der Waals surface area contributed by atoms with E-state index in [0.717, 1.165) is 28.1 Å². The van der Waals surface area contributed by atoms with Crippen molar-refractivity contribution in [3.8, 4) is 0 Å². The molecule has 0 N–H and O–H groups in total. The summed E-state index contributed by atoms with van der Waals surface area (Å²) in [6.07, 6.45) is -4.34. The van der Waals surface area contributed by atoms with Crippen LogP contribution in [0.2, 0.25) is 0 Å². The Morgan fingerprint density at radius 2 is 1.73 bits per heavy atom. The summed E-state index contributed by atoms with van der Waals surface area (Å²) in [5.74, 6) is 0. The molecule has 0 atom stereocenters. The second kappa shape index (κ2) is 7.80. The van der Waals surface area contributed by atoms with E-state index in [9.17, 15) is 18.0 Å². The largest absolute Gasteiger partial charge is 0.422 e. The van der Waals surface area contributed by atoms with Crippen LogP contribution in [0.4, 0.5) is 18.9 Å². The Morgan fingerprint density at radius 3 is 2.43 bits per heavy atom. The van der Waals surface area contributed by atoms with Crippen molar-refractivity contribution in [3.05, 3.63) is 75.1 Å². The maximum absolute atomic E-state index is 13.0. The van der Waals surface area contributed by atoms with E-state index in [4.69, 9.17) is 4.42 Å². The molecule has 1 aliphatic rings. The molecule has 0 bridgehead atoms. The second-order valence-electron chi connectivity index (χ2n) is 7.79. The van der Waals surface area contributed by atoms with Crippen molar-refractivity contribution in [2.24, 2.45) is 0 Å². The van der Waals surface area contributed by atoms with Crippen molar-refractivity contribution in [2.75, 3.05) is 31.1 Å². The second-order valence-corrected chi connectivity index (χ2v) is 7.79. The molecular formula is C23H23F3N2O2. The zero-order valence-electron chi connectivity index (χ0n) is 16.9. The van der Waals surface area contributed by atoms with E-state index in [0.29, 0.717) is 44.0 Å². The first-order chi connectivity index (χ1) is 14.2. The van der Waals surface area contributed by atoms with Crippen LogP contribution in [0.1, 0.15) is 22.3 Å². The predicted molar refractivity (Wildman–Crippen MR) is 111 cm³/mol. The van der Waals surface area contributed by atoms with E-state index in [1.54, 1.807) is 6.07 Å². The van der Waals surface area contributed by atoms with Crippen molar-refractivity contribution in [1.29, 1.82) is 0 Å². The van der Waals surface area contributed by atoms with Crippen LogP contribution >= 0.6 is 0 Å². The molecule has 1 fully saturated rings. The number of piperazine rings is 1. The van der Waals surface area contributed by atoms with Crippen molar-refractivity contribution >= 4 is 16.7 Å². The third-order valence-corrected chi connectivity index (χ3v) is 5.82. The maximum atomic E-state index is 13.0. The van der Waals surface area contributed by atoms with Crippen LogP contribution < -0.4 is 10.5 Å². The number of hydrogen-bond acceptors (Lipinski definition) is 4. The monoisotopic (exact) mass is 416 g/mol. The van der Waals surface area contributed by atoms with Crippen molar-refractivity contribution in [1.82, 2.24) is 4.90 Å². The molecule has 4 rings (SSSR count). The molecule has 0 aliphatic carbocycles. The summed E-state index contributed by atoms with van der Waals surface area (Å²) in [6, 6.07) is 11.0. The van der Waals surface area contributed by atoms with Crippen LogP contribution in [0.25, 0.3) is 11.0 Å². The van der Waals surface area contributed by atoms with Gasteiger partial charge in [-0.1, -0.05) is 18.2 Å². The minimum atomic E-state index is -4.34. The summed E-state index contributed by atoms with van der Waals surface area (Å²) in [4.78, 5) is 16.3. The Kier molecular flexibility index (Phi) is 5.32. The van der Waals surface area contributed by atoms with Gasteiger partial charge in [0.1, 0.15) is 5.58 Å². The molecule has 1 aromatic heterocycles. The van der Waals surface area contributed by atoms with E-state index < -0.39 is 11.7 Å². The zero-order chi connectivity index (χ0) is 21.5. The summed E-state index contributed by atoms with van der Waals surface area (Å²) in [7, 11) is 0. The number of aryl methyl sites for hydroxylation is 2. The predicted octanol–water partition coefficient (Wildman–Crippen LogP) is 4.75. The number of anilines is 1. The first-order valence-electron chi connectivity index (χ1n) is 9.90. The van der Waals surface area contributed by atoms with E-state index >= 15 is 0 Å². The first-order valence-corrected chi connectivity index (χ1v) is 9.90. The van der Waals surface area contributed by atoms with Gasteiger partial charge in [-0.2, -0.15) is 13.2 Å². The normalized spacial score (nSPS) is 15.7. The molecule has 0 unspecified atom stereocenters.